The highest BCUT2D eigenvalue weighted by molar-refractivity contribution is 8.00. The van der Waals surface area contributed by atoms with Gasteiger partial charge in [0, 0.05) is 12.6 Å². The molecule has 0 saturated carbocycles. The predicted molar refractivity (Wildman–Crippen MR) is 79.1 cm³/mol. The fourth-order valence-corrected chi connectivity index (χ4v) is 3.42. The maximum absolute atomic E-state index is 12.5. The number of ketones is 1. The summed E-state index contributed by atoms with van der Waals surface area (Å²) in [5.74, 6) is 0.160. The number of nitrogens with zero attached hydrogens (tertiary/aromatic N) is 3. The summed E-state index contributed by atoms with van der Waals surface area (Å²) >= 11 is 1.45. The maximum atomic E-state index is 12.5. The minimum absolute atomic E-state index is 0.155. The van der Waals surface area contributed by atoms with Crippen LogP contribution in [0.25, 0.3) is 0 Å². The van der Waals surface area contributed by atoms with Crippen molar-refractivity contribution in [1.29, 1.82) is 0 Å². The van der Waals surface area contributed by atoms with Gasteiger partial charge in [0.2, 0.25) is 0 Å². The smallest absolute Gasteiger partial charge is 0.191 e. The first kappa shape index (κ1) is 13.4. The molecule has 1 aromatic carbocycles. The zero-order valence-electron chi connectivity index (χ0n) is 11.7. The SMILES string of the molecule is C[C@H](Sc1nncn1C)C(=O)c1ccc2c(c1)CCC2. The fraction of sp³-hybridized carbons (Fsp3) is 0.400. The summed E-state index contributed by atoms with van der Waals surface area (Å²) in [6.07, 6.45) is 5.10. The second-order valence-corrected chi connectivity index (χ2v) is 6.49. The van der Waals surface area contributed by atoms with Gasteiger partial charge < -0.3 is 4.57 Å². The summed E-state index contributed by atoms with van der Waals surface area (Å²) in [5.41, 5.74) is 3.55. The Morgan fingerprint density at radius 1 is 1.35 bits per heavy atom. The van der Waals surface area contributed by atoms with Gasteiger partial charge in [0.05, 0.1) is 5.25 Å². The first-order valence-corrected chi connectivity index (χ1v) is 7.70. The van der Waals surface area contributed by atoms with Crippen LogP contribution in [0.3, 0.4) is 0 Å². The van der Waals surface area contributed by atoms with Crippen LogP contribution in [0, 0.1) is 0 Å². The van der Waals surface area contributed by atoms with Crippen LogP contribution < -0.4 is 0 Å². The van der Waals surface area contributed by atoms with Crippen LogP contribution in [0.2, 0.25) is 0 Å². The van der Waals surface area contributed by atoms with Crippen molar-refractivity contribution in [2.24, 2.45) is 7.05 Å². The molecule has 1 aromatic heterocycles. The van der Waals surface area contributed by atoms with Crippen LogP contribution >= 0.6 is 11.8 Å². The molecule has 0 radical (unpaired) electrons. The Bertz CT molecular complexity index is 650. The van der Waals surface area contributed by atoms with Crippen molar-refractivity contribution in [1.82, 2.24) is 14.8 Å². The van der Waals surface area contributed by atoms with E-state index >= 15 is 0 Å². The van der Waals surface area contributed by atoms with Crippen molar-refractivity contribution in [2.75, 3.05) is 0 Å². The fourth-order valence-electron chi connectivity index (χ4n) is 2.55. The van der Waals surface area contributed by atoms with Gasteiger partial charge in [-0.15, -0.1) is 10.2 Å². The zero-order chi connectivity index (χ0) is 14.1. The number of hydrogen-bond donors (Lipinski definition) is 0. The molecule has 0 fully saturated rings. The van der Waals surface area contributed by atoms with Crippen LogP contribution in [-0.2, 0) is 19.9 Å². The van der Waals surface area contributed by atoms with E-state index in [1.54, 1.807) is 6.33 Å². The van der Waals surface area contributed by atoms with Gasteiger partial charge in [0.1, 0.15) is 6.33 Å². The predicted octanol–water partition coefficient (Wildman–Crippen LogP) is 2.67. The summed E-state index contributed by atoms with van der Waals surface area (Å²) in [5, 5.41) is 8.46. The Kier molecular flexibility index (Phi) is 3.61. The molecule has 1 atom stereocenters. The lowest BCUT2D eigenvalue weighted by Gasteiger charge is -2.10. The Balaban J connectivity index is 1.76. The standard InChI is InChI=1S/C15H17N3OS/c1-10(20-15-17-16-9-18(15)2)14(19)13-7-6-11-4-3-5-12(11)8-13/h6-10H,3-5H2,1-2H3/t10-/m0/s1. The molecule has 104 valence electrons. The lowest BCUT2D eigenvalue weighted by atomic mass is 10.0. The van der Waals surface area contributed by atoms with Gasteiger partial charge >= 0.3 is 0 Å². The summed E-state index contributed by atoms with van der Waals surface area (Å²) < 4.78 is 1.83. The molecule has 0 N–H and O–H groups in total. The molecule has 0 spiro atoms. The van der Waals surface area contributed by atoms with Crippen LogP contribution in [0.5, 0.6) is 0 Å². The summed E-state index contributed by atoms with van der Waals surface area (Å²) in [7, 11) is 1.88. The topological polar surface area (TPSA) is 47.8 Å². The van der Waals surface area contributed by atoms with E-state index < -0.39 is 0 Å². The van der Waals surface area contributed by atoms with Gasteiger partial charge in [-0.2, -0.15) is 0 Å². The third-order valence-electron chi connectivity index (χ3n) is 3.70. The second-order valence-electron chi connectivity index (χ2n) is 5.19. The number of fused-ring (bicyclic) bond motifs is 1. The van der Waals surface area contributed by atoms with E-state index in [2.05, 4.69) is 22.3 Å². The number of rotatable bonds is 4. The molecule has 1 aliphatic carbocycles. The second kappa shape index (κ2) is 5.40. The van der Waals surface area contributed by atoms with E-state index in [1.165, 1.54) is 29.3 Å². The van der Waals surface area contributed by atoms with Gasteiger partial charge in [-0.3, -0.25) is 4.79 Å². The van der Waals surface area contributed by atoms with Gasteiger partial charge in [-0.1, -0.05) is 23.9 Å². The lowest BCUT2D eigenvalue weighted by molar-refractivity contribution is 0.0994. The summed E-state index contributed by atoms with van der Waals surface area (Å²) in [4.78, 5) is 12.5. The summed E-state index contributed by atoms with van der Waals surface area (Å²) in [6, 6.07) is 6.13. The average molecular weight is 287 g/mol. The number of aryl methyl sites for hydroxylation is 3. The van der Waals surface area contributed by atoms with Crippen molar-refractivity contribution in [3.05, 3.63) is 41.2 Å². The minimum atomic E-state index is -0.155. The largest absolute Gasteiger partial charge is 0.312 e. The highest BCUT2D eigenvalue weighted by Gasteiger charge is 2.20. The molecule has 0 saturated heterocycles. The number of benzene rings is 1. The van der Waals surface area contributed by atoms with Crippen LogP contribution in [-0.4, -0.2) is 25.8 Å². The number of carbonyl (C=O) groups is 1. The first-order chi connectivity index (χ1) is 9.65. The molecule has 0 bridgehead atoms. The molecule has 2 aromatic rings. The van der Waals surface area contributed by atoms with E-state index in [1.807, 2.05) is 24.6 Å². The maximum Gasteiger partial charge on any atom is 0.191 e. The van der Waals surface area contributed by atoms with E-state index in [9.17, 15) is 4.79 Å². The Morgan fingerprint density at radius 3 is 2.90 bits per heavy atom. The molecule has 5 heteroatoms. The van der Waals surface area contributed by atoms with E-state index in [0.717, 1.165) is 23.6 Å². The molecule has 0 amide bonds. The quantitative estimate of drug-likeness (QED) is 0.641. The first-order valence-electron chi connectivity index (χ1n) is 6.82. The van der Waals surface area contributed by atoms with E-state index in [-0.39, 0.29) is 11.0 Å². The average Bonchev–Trinajstić information content (AvgIpc) is 3.06. The molecule has 1 heterocycles. The Morgan fingerprint density at radius 2 is 2.15 bits per heavy atom. The molecule has 1 aliphatic rings. The van der Waals surface area contributed by atoms with Crippen LogP contribution in [0.15, 0.2) is 29.7 Å². The van der Waals surface area contributed by atoms with Crippen molar-refractivity contribution in [3.63, 3.8) is 0 Å². The molecular formula is C15H17N3OS. The van der Waals surface area contributed by atoms with Crippen molar-refractivity contribution in [3.8, 4) is 0 Å². The van der Waals surface area contributed by atoms with Crippen LogP contribution in [0.4, 0.5) is 0 Å². The number of thioether (sulfide) groups is 1. The molecule has 3 rings (SSSR count). The van der Waals surface area contributed by atoms with Crippen LogP contribution in [0.1, 0.15) is 34.8 Å². The van der Waals surface area contributed by atoms with Gasteiger partial charge in [0.25, 0.3) is 0 Å². The minimum Gasteiger partial charge on any atom is -0.312 e. The van der Waals surface area contributed by atoms with Gasteiger partial charge in [-0.05, 0) is 43.4 Å². The third-order valence-corrected chi connectivity index (χ3v) is 4.85. The summed E-state index contributed by atoms with van der Waals surface area (Å²) in [6.45, 7) is 1.93. The number of Topliss-reactive ketones (excluding diaryl/α,β-unsaturated/α-hetero) is 1. The number of aromatic nitrogens is 3. The Hall–Kier alpha value is -1.62. The Labute approximate surface area is 122 Å². The number of hydrogen-bond acceptors (Lipinski definition) is 4. The molecule has 20 heavy (non-hydrogen) atoms. The molecule has 0 aliphatic heterocycles. The molecule has 4 nitrogen and oxygen atoms in total. The lowest BCUT2D eigenvalue weighted by Crippen LogP contribution is -2.14. The van der Waals surface area contributed by atoms with E-state index in [0.29, 0.717) is 0 Å². The van der Waals surface area contributed by atoms with Gasteiger partial charge in [0.15, 0.2) is 10.9 Å². The van der Waals surface area contributed by atoms with Crippen molar-refractivity contribution in [2.45, 2.75) is 36.6 Å². The molecule has 0 unspecified atom stereocenters. The van der Waals surface area contributed by atoms with Crippen molar-refractivity contribution < 1.29 is 4.79 Å². The normalized spacial score (nSPS) is 15.1. The van der Waals surface area contributed by atoms with Crippen molar-refractivity contribution >= 4 is 17.5 Å². The van der Waals surface area contributed by atoms with E-state index in [4.69, 9.17) is 0 Å². The monoisotopic (exact) mass is 287 g/mol. The van der Waals surface area contributed by atoms with Gasteiger partial charge in [-0.25, -0.2) is 0 Å². The number of carbonyl (C=O) groups excluding carboxylic acids is 1. The molecular weight excluding hydrogens is 270 g/mol. The highest BCUT2D eigenvalue weighted by Crippen LogP contribution is 2.27. The highest BCUT2D eigenvalue weighted by atomic mass is 32.2. The zero-order valence-corrected chi connectivity index (χ0v) is 12.5. The third kappa shape index (κ3) is 2.50.